The second kappa shape index (κ2) is 9.89. The third-order valence-electron chi connectivity index (χ3n) is 3.90. The minimum absolute atomic E-state index is 0.192. The van der Waals surface area contributed by atoms with Crippen LogP contribution in [-0.2, 0) is 11.2 Å². The number of amides is 2. The zero-order valence-electron chi connectivity index (χ0n) is 14.6. The number of benzene rings is 2. The number of nitrogens with one attached hydrogen (secondary N) is 2. The van der Waals surface area contributed by atoms with Crippen LogP contribution in [0.25, 0.3) is 0 Å². The molecule has 0 radical (unpaired) electrons. The maximum absolute atomic E-state index is 12.6. The van der Waals surface area contributed by atoms with Crippen LogP contribution in [0.5, 0.6) is 0 Å². The lowest BCUT2D eigenvalue weighted by molar-refractivity contribution is -0.118. The molecule has 0 bridgehead atoms. The predicted molar refractivity (Wildman–Crippen MR) is 105 cm³/mol. The average Bonchev–Trinajstić information content (AvgIpc) is 2.66. The Morgan fingerprint density at radius 1 is 1.04 bits per heavy atom. The van der Waals surface area contributed by atoms with Crippen molar-refractivity contribution >= 4 is 29.3 Å². The topological polar surface area (TPSA) is 58.2 Å². The molecule has 132 valence electrons. The van der Waals surface area contributed by atoms with Gasteiger partial charge in [-0.2, -0.15) is 11.8 Å². The zero-order valence-corrected chi connectivity index (χ0v) is 15.4. The van der Waals surface area contributed by atoms with Gasteiger partial charge in [-0.25, -0.2) is 0 Å². The van der Waals surface area contributed by atoms with Crippen LogP contribution in [-0.4, -0.2) is 29.9 Å². The standard InChI is InChI=1S/C20H24N2O2S/c1-3-15-9-11-17(12-10-15)21-20(24)18(13-14-25-2)22-19(23)16-7-5-4-6-8-16/h4-12,18H,3,13-14H2,1-2H3,(H,21,24)(H,22,23). The van der Waals surface area contributed by atoms with Crippen LogP contribution in [0.2, 0.25) is 0 Å². The number of anilines is 1. The highest BCUT2D eigenvalue weighted by atomic mass is 32.2. The van der Waals surface area contributed by atoms with Crippen molar-refractivity contribution in [2.75, 3.05) is 17.3 Å². The first-order valence-electron chi connectivity index (χ1n) is 8.38. The fourth-order valence-electron chi connectivity index (χ4n) is 2.39. The van der Waals surface area contributed by atoms with E-state index in [0.29, 0.717) is 12.0 Å². The van der Waals surface area contributed by atoms with Gasteiger partial charge in [0, 0.05) is 11.3 Å². The van der Waals surface area contributed by atoms with Crippen LogP contribution >= 0.6 is 11.8 Å². The molecule has 0 aromatic heterocycles. The van der Waals surface area contributed by atoms with Crippen molar-refractivity contribution in [3.63, 3.8) is 0 Å². The second-order valence-corrected chi connectivity index (χ2v) is 6.70. The van der Waals surface area contributed by atoms with Crippen molar-refractivity contribution in [1.29, 1.82) is 0 Å². The summed E-state index contributed by atoms with van der Waals surface area (Å²) in [7, 11) is 0. The van der Waals surface area contributed by atoms with Gasteiger partial charge in [0.1, 0.15) is 6.04 Å². The number of aryl methyl sites for hydroxylation is 1. The monoisotopic (exact) mass is 356 g/mol. The van der Waals surface area contributed by atoms with Gasteiger partial charge in [-0.15, -0.1) is 0 Å². The van der Waals surface area contributed by atoms with Gasteiger partial charge in [-0.05, 0) is 54.7 Å². The first-order valence-corrected chi connectivity index (χ1v) is 9.78. The summed E-state index contributed by atoms with van der Waals surface area (Å²) in [5.41, 5.74) is 2.51. The van der Waals surface area contributed by atoms with E-state index in [1.807, 2.05) is 36.6 Å². The van der Waals surface area contributed by atoms with E-state index >= 15 is 0 Å². The maximum atomic E-state index is 12.6. The molecule has 5 heteroatoms. The van der Waals surface area contributed by atoms with E-state index in [1.165, 1.54) is 5.56 Å². The van der Waals surface area contributed by atoms with E-state index in [9.17, 15) is 9.59 Å². The first-order chi connectivity index (χ1) is 12.1. The van der Waals surface area contributed by atoms with Crippen LogP contribution < -0.4 is 10.6 Å². The summed E-state index contributed by atoms with van der Waals surface area (Å²) in [5.74, 6) is 0.368. The Kier molecular flexibility index (Phi) is 7.54. The van der Waals surface area contributed by atoms with Gasteiger partial charge in [-0.1, -0.05) is 37.3 Å². The Morgan fingerprint density at radius 2 is 1.72 bits per heavy atom. The molecule has 1 atom stereocenters. The molecule has 0 saturated heterocycles. The molecule has 4 nitrogen and oxygen atoms in total. The number of thioether (sulfide) groups is 1. The molecule has 0 fully saturated rings. The quantitative estimate of drug-likeness (QED) is 0.757. The SMILES string of the molecule is CCc1ccc(NC(=O)C(CCSC)NC(=O)c2ccccc2)cc1. The zero-order chi connectivity index (χ0) is 18.1. The highest BCUT2D eigenvalue weighted by Crippen LogP contribution is 2.12. The van der Waals surface area contributed by atoms with Crippen molar-refractivity contribution in [2.45, 2.75) is 25.8 Å². The van der Waals surface area contributed by atoms with Gasteiger partial charge >= 0.3 is 0 Å². The third kappa shape index (κ3) is 5.94. The number of hydrogen-bond donors (Lipinski definition) is 2. The van der Waals surface area contributed by atoms with Crippen molar-refractivity contribution in [1.82, 2.24) is 5.32 Å². The fraction of sp³-hybridized carbons (Fsp3) is 0.300. The first kappa shape index (κ1) is 19.1. The molecule has 0 saturated carbocycles. The van der Waals surface area contributed by atoms with Crippen LogP contribution in [0.15, 0.2) is 54.6 Å². The van der Waals surface area contributed by atoms with Crippen molar-refractivity contribution in [3.05, 3.63) is 65.7 Å². The molecule has 0 aliphatic heterocycles. The van der Waals surface area contributed by atoms with Crippen molar-refractivity contribution < 1.29 is 9.59 Å². The molecule has 25 heavy (non-hydrogen) atoms. The van der Waals surface area contributed by atoms with Crippen molar-refractivity contribution in [3.8, 4) is 0 Å². The summed E-state index contributed by atoms with van der Waals surface area (Å²) in [6.45, 7) is 2.09. The van der Waals surface area contributed by atoms with E-state index in [1.54, 1.807) is 36.0 Å². The molecular formula is C20H24N2O2S. The van der Waals surface area contributed by atoms with E-state index in [2.05, 4.69) is 17.6 Å². The maximum Gasteiger partial charge on any atom is 0.251 e. The lowest BCUT2D eigenvalue weighted by atomic mass is 10.1. The third-order valence-corrected chi connectivity index (χ3v) is 4.54. The van der Waals surface area contributed by atoms with Gasteiger partial charge in [-0.3, -0.25) is 9.59 Å². The normalized spacial score (nSPS) is 11.6. The Morgan fingerprint density at radius 3 is 2.32 bits per heavy atom. The molecule has 2 aromatic carbocycles. The molecule has 0 aliphatic carbocycles. The Labute approximate surface area is 153 Å². The van der Waals surface area contributed by atoms with E-state index < -0.39 is 6.04 Å². The van der Waals surface area contributed by atoms with E-state index in [0.717, 1.165) is 17.9 Å². The minimum atomic E-state index is -0.564. The lowest BCUT2D eigenvalue weighted by Gasteiger charge is -2.18. The summed E-state index contributed by atoms with van der Waals surface area (Å²) < 4.78 is 0. The van der Waals surface area contributed by atoms with Crippen LogP contribution in [0.1, 0.15) is 29.3 Å². The molecule has 2 rings (SSSR count). The number of carbonyl (C=O) groups excluding carboxylic acids is 2. The van der Waals surface area contributed by atoms with E-state index in [-0.39, 0.29) is 11.8 Å². The smallest absolute Gasteiger partial charge is 0.251 e. The minimum Gasteiger partial charge on any atom is -0.340 e. The van der Waals surface area contributed by atoms with Gasteiger partial charge in [0.15, 0.2) is 0 Å². The van der Waals surface area contributed by atoms with Crippen LogP contribution in [0.3, 0.4) is 0 Å². The van der Waals surface area contributed by atoms with Gasteiger partial charge < -0.3 is 10.6 Å². The fourth-order valence-corrected chi connectivity index (χ4v) is 2.86. The number of rotatable bonds is 8. The molecule has 0 spiro atoms. The van der Waals surface area contributed by atoms with Crippen LogP contribution in [0, 0.1) is 0 Å². The summed E-state index contributed by atoms with van der Waals surface area (Å²) in [5, 5.41) is 5.74. The Hall–Kier alpha value is -2.27. The molecule has 2 aromatic rings. The predicted octanol–water partition coefficient (Wildman–Crippen LogP) is 3.74. The molecule has 2 amide bonds. The molecular weight excluding hydrogens is 332 g/mol. The molecule has 2 N–H and O–H groups in total. The van der Waals surface area contributed by atoms with Gasteiger partial charge in [0.2, 0.25) is 5.91 Å². The average molecular weight is 356 g/mol. The van der Waals surface area contributed by atoms with Gasteiger partial charge in [0.05, 0.1) is 0 Å². The van der Waals surface area contributed by atoms with Crippen molar-refractivity contribution in [2.24, 2.45) is 0 Å². The Bertz CT molecular complexity index is 687. The number of carbonyl (C=O) groups is 2. The second-order valence-electron chi connectivity index (χ2n) is 5.71. The highest BCUT2D eigenvalue weighted by Gasteiger charge is 2.21. The Balaban J connectivity index is 2.04. The summed E-state index contributed by atoms with van der Waals surface area (Å²) in [4.78, 5) is 25.0. The summed E-state index contributed by atoms with van der Waals surface area (Å²) >= 11 is 1.65. The summed E-state index contributed by atoms with van der Waals surface area (Å²) in [6.07, 6.45) is 3.52. The summed E-state index contributed by atoms with van der Waals surface area (Å²) in [6, 6.07) is 16.2. The number of hydrogen-bond acceptors (Lipinski definition) is 3. The largest absolute Gasteiger partial charge is 0.340 e. The molecule has 0 heterocycles. The molecule has 0 aliphatic rings. The highest BCUT2D eigenvalue weighted by molar-refractivity contribution is 7.98. The van der Waals surface area contributed by atoms with Crippen LogP contribution in [0.4, 0.5) is 5.69 Å². The molecule has 1 unspecified atom stereocenters. The van der Waals surface area contributed by atoms with E-state index in [4.69, 9.17) is 0 Å². The lowest BCUT2D eigenvalue weighted by Crippen LogP contribution is -2.44. The van der Waals surface area contributed by atoms with Gasteiger partial charge in [0.25, 0.3) is 5.91 Å².